The molecule has 2 aromatic carbocycles. The molecule has 152 valence electrons. The fourth-order valence-corrected chi connectivity index (χ4v) is 4.57. The summed E-state index contributed by atoms with van der Waals surface area (Å²) in [7, 11) is -3.84. The maximum absolute atomic E-state index is 13.1. The number of imidazole rings is 1. The molecule has 7 nitrogen and oxygen atoms in total. The van der Waals surface area contributed by atoms with Crippen molar-refractivity contribution < 1.29 is 17.9 Å². The summed E-state index contributed by atoms with van der Waals surface area (Å²) in [5, 5.41) is 0. The number of hydrogen-bond acceptors (Lipinski definition) is 5. The molecular weight excluding hydrogens is 402 g/mol. The van der Waals surface area contributed by atoms with Gasteiger partial charge in [0.1, 0.15) is 18.9 Å². The first-order valence-electron chi connectivity index (χ1n) is 9.47. The van der Waals surface area contributed by atoms with Gasteiger partial charge in [-0.15, -0.1) is 0 Å². The van der Waals surface area contributed by atoms with Crippen LogP contribution in [0.25, 0.3) is 16.9 Å². The second kappa shape index (κ2) is 7.07. The van der Waals surface area contributed by atoms with Crippen molar-refractivity contribution >= 4 is 21.4 Å². The lowest BCUT2D eigenvalue weighted by Gasteiger charge is -2.19. The molecule has 0 aliphatic carbocycles. The third-order valence-electron chi connectivity index (χ3n) is 4.95. The third kappa shape index (κ3) is 3.25. The minimum atomic E-state index is -3.84. The fourth-order valence-electron chi connectivity index (χ4n) is 3.47. The van der Waals surface area contributed by atoms with E-state index in [1.54, 1.807) is 18.2 Å². The van der Waals surface area contributed by atoms with Crippen molar-refractivity contribution in [3.05, 3.63) is 72.6 Å². The molecule has 0 amide bonds. The molecule has 1 N–H and O–H groups in total. The Bertz CT molecular complexity index is 1360. The van der Waals surface area contributed by atoms with E-state index in [-0.39, 0.29) is 4.90 Å². The molecule has 1 aliphatic heterocycles. The highest BCUT2D eigenvalue weighted by Gasteiger charge is 2.21. The maximum Gasteiger partial charge on any atom is 0.262 e. The van der Waals surface area contributed by atoms with E-state index in [0.29, 0.717) is 41.7 Å². The van der Waals surface area contributed by atoms with Gasteiger partial charge >= 0.3 is 0 Å². The van der Waals surface area contributed by atoms with Crippen LogP contribution in [0.3, 0.4) is 0 Å². The summed E-state index contributed by atoms with van der Waals surface area (Å²) in [4.78, 5) is 4.80. The van der Waals surface area contributed by atoms with Crippen molar-refractivity contribution in [2.75, 3.05) is 17.9 Å². The third-order valence-corrected chi connectivity index (χ3v) is 6.31. The van der Waals surface area contributed by atoms with Gasteiger partial charge in [-0.05, 0) is 36.8 Å². The van der Waals surface area contributed by atoms with Gasteiger partial charge in [-0.3, -0.25) is 4.72 Å². The Hall–Kier alpha value is -3.52. The van der Waals surface area contributed by atoms with Crippen LogP contribution in [0.1, 0.15) is 5.56 Å². The van der Waals surface area contributed by atoms with Crippen molar-refractivity contribution in [3.8, 4) is 22.8 Å². The fraction of sp³-hybridized carbons (Fsp3) is 0.136. The second-order valence-electron chi connectivity index (χ2n) is 7.00. The van der Waals surface area contributed by atoms with Crippen molar-refractivity contribution in [3.63, 3.8) is 0 Å². The van der Waals surface area contributed by atoms with Gasteiger partial charge < -0.3 is 13.9 Å². The van der Waals surface area contributed by atoms with Crippen molar-refractivity contribution in [1.82, 2.24) is 9.38 Å². The molecule has 0 unspecified atom stereocenters. The van der Waals surface area contributed by atoms with E-state index in [1.165, 1.54) is 12.1 Å². The minimum absolute atomic E-state index is 0.104. The van der Waals surface area contributed by atoms with E-state index in [9.17, 15) is 8.42 Å². The van der Waals surface area contributed by atoms with E-state index >= 15 is 0 Å². The van der Waals surface area contributed by atoms with Crippen molar-refractivity contribution in [2.24, 2.45) is 0 Å². The molecule has 2 aromatic heterocycles. The lowest BCUT2D eigenvalue weighted by molar-refractivity contribution is 0.171. The number of hydrogen-bond donors (Lipinski definition) is 1. The van der Waals surface area contributed by atoms with Crippen molar-refractivity contribution in [1.29, 1.82) is 0 Å². The Kier molecular flexibility index (Phi) is 4.36. The zero-order valence-electron chi connectivity index (χ0n) is 16.2. The number of benzene rings is 2. The smallest absolute Gasteiger partial charge is 0.262 e. The monoisotopic (exact) mass is 421 g/mol. The summed E-state index contributed by atoms with van der Waals surface area (Å²) >= 11 is 0. The van der Waals surface area contributed by atoms with Crippen LogP contribution in [0, 0.1) is 6.92 Å². The standard InChI is InChI=1S/C22H19N3O4S/c1-15-5-4-10-25-14-19(23-22(15)25)17-6-2-3-7-18(17)24-30(26,27)16-8-9-20-21(13-16)29-12-11-28-20/h2-10,13-14,24H,11-12H2,1H3. The molecule has 0 spiro atoms. The zero-order valence-corrected chi connectivity index (χ0v) is 17.0. The van der Waals surface area contributed by atoms with Crippen LogP contribution >= 0.6 is 0 Å². The van der Waals surface area contributed by atoms with Gasteiger partial charge in [0.2, 0.25) is 0 Å². The Morgan fingerprint density at radius 3 is 2.63 bits per heavy atom. The highest BCUT2D eigenvalue weighted by Crippen LogP contribution is 2.34. The van der Waals surface area contributed by atoms with Crippen LogP contribution in [0.2, 0.25) is 0 Å². The molecule has 3 heterocycles. The van der Waals surface area contributed by atoms with E-state index < -0.39 is 10.0 Å². The van der Waals surface area contributed by atoms with Gasteiger partial charge in [-0.2, -0.15) is 0 Å². The Morgan fingerprint density at radius 1 is 1.00 bits per heavy atom. The lowest BCUT2D eigenvalue weighted by Crippen LogP contribution is -2.17. The summed E-state index contributed by atoms with van der Waals surface area (Å²) in [6, 6.07) is 15.7. The number of fused-ring (bicyclic) bond motifs is 2. The number of para-hydroxylation sites is 1. The molecule has 4 aromatic rings. The summed E-state index contributed by atoms with van der Waals surface area (Å²) in [6.45, 7) is 2.83. The molecule has 0 saturated carbocycles. The molecule has 1 aliphatic rings. The number of rotatable bonds is 4. The number of sulfonamides is 1. The second-order valence-corrected chi connectivity index (χ2v) is 8.69. The Morgan fingerprint density at radius 2 is 1.80 bits per heavy atom. The number of anilines is 1. The number of aryl methyl sites for hydroxylation is 1. The van der Waals surface area contributed by atoms with Gasteiger partial charge in [0.15, 0.2) is 11.5 Å². The van der Waals surface area contributed by atoms with Crippen molar-refractivity contribution in [2.45, 2.75) is 11.8 Å². The number of pyridine rings is 1. The summed E-state index contributed by atoms with van der Waals surface area (Å²) in [5.41, 5.74) is 3.70. The van der Waals surface area contributed by atoms with Crippen LogP contribution in [-0.2, 0) is 10.0 Å². The van der Waals surface area contributed by atoms with Gasteiger partial charge in [0, 0.05) is 24.0 Å². The first kappa shape index (κ1) is 18.5. The predicted octanol–water partition coefficient (Wildman–Crippen LogP) is 3.88. The number of nitrogens with one attached hydrogen (secondary N) is 1. The van der Waals surface area contributed by atoms with Crippen LogP contribution in [0.5, 0.6) is 11.5 Å². The Labute approximate surface area is 174 Å². The van der Waals surface area contributed by atoms with Crippen LogP contribution in [0.15, 0.2) is 71.9 Å². The van der Waals surface area contributed by atoms with Gasteiger partial charge in [0.05, 0.1) is 16.3 Å². The molecule has 0 bridgehead atoms. The predicted molar refractivity (Wildman–Crippen MR) is 114 cm³/mol. The van der Waals surface area contributed by atoms with E-state index in [0.717, 1.165) is 11.2 Å². The summed E-state index contributed by atoms with van der Waals surface area (Å²) in [6.07, 6.45) is 3.81. The van der Waals surface area contributed by atoms with Crippen LogP contribution in [-0.4, -0.2) is 31.0 Å². The molecular formula is C22H19N3O4S. The number of aromatic nitrogens is 2. The summed E-state index contributed by atoms with van der Waals surface area (Å²) < 4.78 is 41.7. The zero-order chi connectivity index (χ0) is 20.7. The van der Waals surface area contributed by atoms with Gasteiger partial charge in [-0.1, -0.05) is 24.3 Å². The van der Waals surface area contributed by atoms with Gasteiger partial charge in [0.25, 0.3) is 10.0 Å². The van der Waals surface area contributed by atoms with Crippen LogP contribution < -0.4 is 14.2 Å². The van der Waals surface area contributed by atoms with E-state index in [1.807, 2.05) is 48.0 Å². The summed E-state index contributed by atoms with van der Waals surface area (Å²) in [5.74, 6) is 0.967. The largest absolute Gasteiger partial charge is 0.486 e. The average Bonchev–Trinajstić information content (AvgIpc) is 3.19. The highest BCUT2D eigenvalue weighted by molar-refractivity contribution is 7.92. The first-order valence-corrected chi connectivity index (χ1v) is 11.0. The topological polar surface area (TPSA) is 81.9 Å². The SMILES string of the molecule is Cc1cccn2cc(-c3ccccc3NS(=O)(=O)c3ccc4c(c3)OCCO4)nc12. The van der Waals surface area contributed by atoms with Gasteiger partial charge in [-0.25, -0.2) is 13.4 Å². The molecule has 0 fully saturated rings. The number of nitrogens with zero attached hydrogens (tertiary/aromatic N) is 2. The Balaban J connectivity index is 1.53. The molecule has 5 rings (SSSR count). The first-order chi connectivity index (χ1) is 14.5. The van der Waals surface area contributed by atoms with E-state index in [2.05, 4.69) is 4.72 Å². The molecule has 0 radical (unpaired) electrons. The highest BCUT2D eigenvalue weighted by atomic mass is 32.2. The van der Waals surface area contributed by atoms with E-state index in [4.69, 9.17) is 14.5 Å². The average molecular weight is 421 g/mol. The molecule has 0 atom stereocenters. The van der Waals surface area contributed by atoms with Crippen LogP contribution in [0.4, 0.5) is 5.69 Å². The minimum Gasteiger partial charge on any atom is -0.486 e. The molecule has 30 heavy (non-hydrogen) atoms. The normalized spacial score (nSPS) is 13.4. The molecule has 8 heteroatoms. The number of ether oxygens (including phenoxy) is 2. The lowest BCUT2D eigenvalue weighted by atomic mass is 10.1. The quantitative estimate of drug-likeness (QED) is 0.541. The maximum atomic E-state index is 13.1. The molecule has 0 saturated heterocycles.